The van der Waals surface area contributed by atoms with Crippen molar-refractivity contribution in [2.24, 2.45) is 7.05 Å². The number of fused-ring (bicyclic) bond motifs is 1. The van der Waals surface area contributed by atoms with Crippen molar-refractivity contribution >= 4 is 41.7 Å². The van der Waals surface area contributed by atoms with Crippen LogP contribution >= 0.6 is 24.8 Å². The maximum atomic E-state index is 14.4. The number of piperazine rings is 1. The molecule has 1 atom stereocenters. The normalized spacial score (nSPS) is 15.7. The molecule has 1 saturated heterocycles. The van der Waals surface area contributed by atoms with Gasteiger partial charge in [-0.3, -0.25) is 4.68 Å². The van der Waals surface area contributed by atoms with Gasteiger partial charge in [-0.05, 0) is 42.3 Å². The molecule has 0 aliphatic carbocycles. The third kappa shape index (κ3) is 4.85. The van der Waals surface area contributed by atoms with E-state index in [4.69, 9.17) is 0 Å². The highest BCUT2D eigenvalue weighted by Gasteiger charge is 2.19. The zero-order chi connectivity index (χ0) is 21.5. The Bertz CT molecular complexity index is 1270. The number of rotatable bonds is 3. The zero-order valence-corrected chi connectivity index (χ0v) is 19.7. The minimum atomic E-state index is -0.399. The predicted octanol–water partition coefficient (Wildman–Crippen LogP) is 3.58. The predicted molar refractivity (Wildman–Crippen MR) is 131 cm³/mol. The van der Waals surface area contributed by atoms with E-state index in [0.717, 1.165) is 19.6 Å². The van der Waals surface area contributed by atoms with Gasteiger partial charge in [0, 0.05) is 49.9 Å². The largest absolute Gasteiger partial charge is 0.507 e. The van der Waals surface area contributed by atoms with Crippen molar-refractivity contribution in [2.75, 3.05) is 24.5 Å². The van der Waals surface area contributed by atoms with Gasteiger partial charge in [0.2, 0.25) is 5.95 Å². The van der Waals surface area contributed by atoms with Crippen molar-refractivity contribution in [3.63, 3.8) is 0 Å². The summed E-state index contributed by atoms with van der Waals surface area (Å²) in [5.74, 6) is 0.210. The molecule has 11 heteroatoms. The molecule has 0 saturated carbocycles. The molecule has 0 amide bonds. The van der Waals surface area contributed by atoms with Crippen molar-refractivity contribution in [3.8, 4) is 28.1 Å². The van der Waals surface area contributed by atoms with Gasteiger partial charge in [-0.2, -0.15) is 5.10 Å². The van der Waals surface area contributed by atoms with E-state index in [1.807, 2.05) is 12.1 Å². The highest BCUT2D eigenvalue weighted by Crippen LogP contribution is 2.34. The zero-order valence-electron chi connectivity index (χ0n) is 18.1. The van der Waals surface area contributed by atoms with Gasteiger partial charge in [0.1, 0.15) is 17.0 Å². The van der Waals surface area contributed by atoms with E-state index in [1.165, 1.54) is 6.07 Å². The summed E-state index contributed by atoms with van der Waals surface area (Å²) in [5.41, 5.74) is 2.68. The fraction of sp³-hybridized carbons (Fsp3) is 0.273. The van der Waals surface area contributed by atoms with Gasteiger partial charge in [-0.1, -0.05) is 6.07 Å². The summed E-state index contributed by atoms with van der Waals surface area (Å²) in [7, 11) is 1.75. The molecule has 174 valence electrons. The molecule has 2 N–H and O–H groups in total. The Morgan fingerprint density at radius 3 is 2.64 bits per heavy atom. The first-order valence-electron chi connectivity index (χ1n) is 10.1. The minimum absolute atomic E-state index is 0. The first-order valence-corrected chi connectivity index (χ1v) is 10.1. The van der Waals surface area contributed by atoms with Crippen LogP contribution < -0.4 is 10.2 Å². The van der Waals surface area contributed by atoms with Crippen molar-refractivity contribution in [1.29, 1.82) is 0 Å². The highest BCUT2D eigenvalue weighted by molar-refractivity contribution is 5.86. The summed E-state index contributed by atoms with van der Waals surface area (Å²) in [6, 6.07) is 8.80. The number of aromatic nitrogens is 5. The molecule has 1 fully saturated rings. The van der Waals surface area contributed by atoms with Crippen LogP contribution in [0.2, 0.25) is 0 Å². The second-order valence-corrected chi connectivity index (χ2v) is 7.88. The molecule has 2 aromatic carbocycles. The van der Waals surface area contributed by atoms with Crippen LogP contribution in [0, 0.1) is 5.82 Å². The highest BCUT2D eigenvalue weighted by atomic mass is 35.5. The number of anilines is 1. The second kappa shape index (κ2) is 9.86. The van der Waals surface area contributed by atoms with E-state index < -0.39 is 5.82 Å². The van der Waals surface area contributed by atoms with Crippen molar-refractivity contribution in [1.82, 2.24) is 30.3 Å². The Labute approximate surface area is 202 Å². The Morgan fingerprint density at radius 1 is 1.12 bits per heavy atom. The number of aromatic hydroxyl groups is 1. The van der Waals surface area contributed by atoms with E-state index >= 15 is 0 Å². The molecule has 4 aromatic rings. The maximum absolute atomic E-state index is 14.4. The average Bonchev–Trinajstić information content (AvgIpc) is 3.15. The molecule has 2 aromatic heterocycles. The van der Waals surface area contributed by atoms with E-state index in [1.54, 1.807) is 36.3 Å². The van der Waals surface area contributed by atoms with Gasteiger partial charge in [0.05, 0.1) is 6.20 Å². The van der Waals surface area contributed by atoms with Crippen LogP contribution in [0.1, 0.15) is 6.92 Å². The number of hydrogen-bond donors (Lipinski definition) is 2. The summed E-state index contributed by atoms with van der Waals surface area (Å²) in [5, 5.41) is 27.3. The Morgan fingerprint density at radius 2 is 1.94 bits per heavy atom. The molecule has 1 aliphatic heterocycles. The molecule has 5 rings (SSSR count). The van der Waals surface area contributed by atoms with Gasteiger partial charge in [-0.25, -0.2) is 9.37 Å². The van der Waals surface area contributed by atoms with Crippen LogP contribution in [-0.4, -0.2) is 55.7 Å². The van der Waals surface area contributed by atoms with Crippen LogP contribution in [0.15, 0.2) is 42.7 Å². The number of phenolic OH excluding ortho intramolecular Hbond substituents is 1. The Balaban J connectivity index is 0.00000153. The number of halogens is 3. The molecule has 1 aliphatic rings. The van der Waals surface area contributed by atoms with Gasteiger partial charge in [0.25, 0.3) is 0 Å². The van der Waals surface area contributed by atoms with Crippen LogP contribution in [0.5, 0.6) is 5.75 Å². The van der Waals surface area contributed by atoms with Gasteiger partial charge < -0.3 is 15.3 Å². The summed E-state index contributed by atoms with van der Waals surface area (Å²) in [6.07, 6.45) is 3.38. The first-order chi connectivity index (χ1) is 15.0. The molecule has 1 unspecified atom stereocenters. The summed E-state index contributed by atoms with van der Waals surface area (Å²) in [6.45, 7) is 4.63. The van der Waals surface area contributed by atoms with E-state index in [0.29, 0.717) is 45.3 Å². The van der Waals surface area contributed by atoms with Crippen molar-refractivity contribution in [3.05, 3.63) is 48.5 Å². The quantitative estimate of drug-likeness (QED) is 0.452. The molecule has 0 radical (unpaired) electrons. The molecule has 3 heterocycles. The number of phenols is 1. The van der Waals surface area contributed by atoms with Crippen molar-refractivity contribution in [2.45, 2.75) is 13.0 Å². The lowest BCUT2D eigenvalue weighted by atomic mass is 10.0. The van der Waals surface area contributed by atoms with E-state index in [9.17, 15) is 9.50 Å². The van der Waals surface area contributed by atoms with Gasteiger partial charge >= 0.3 is 0 Å². The summed E-state index contributed by atoms with van der Waals surface area (Å²) >= 11 is 0. The number of hydrogen-bond acceptors (Lipinski definition) is 7. The Hall–Kier alpha value is -3.01. The molecule has 8 nitrogen and oxygen atoms in total. The lowest BCUT2D eigenvalue weighted by Crippen LogP contribution is -2.49. The lowest BCUT2D eigenvalue weighted by Gasteiger charge is -2.31. The van der Waals surface area contributed by atoms with Crippen LogP contribution in [0.25, 0.3) is 33.3 Å². The average molecular weight is 492 g/mol. The van der Waals surface area contributed by atoms with E-state index in [-0.39, 0.29) is 30.6 Å². The van der Waals surface area contributed by atoms with Crippen LogP contribution in [0.3, 0.4) is 0 Å². The standard InChI is InChI=1S/C22H22FN7O.2ClH/c1-13-11-30(6-5-24-13)22-25-10-19(26-27-22)17-4-3-14(9-20(17)31)15-7-16-12-29(2)28-21(16)18(23)8-15;;/h3-4,7-10,12-13,24,31H,5-6,11H2,1-2H3;2*1H. The molecule has 0 spiro atoms. The van der Waals surface area contributed by atoms with Gasteiger partial charge in [0.15, 0.2) is 5.82 Å². The lowest BCUT2D eigenvalue weighted by molar-refractivity contribution is 0.476. The molecule has 33 heavy (non-hydrogen) atoms. The van der Waals surface area contributed by atoms with Crippen molar-refractivity contribution < 1.29 is 9.50 Å². The third-order valence-electron chi connectivity index (χ3n) is 5.48. The smallest absolute Gasteiger partial charge is 0.245 e. The second-order valence-electron chi connectivity index (χ2n) is 7.88. The SMILES string of the molecule is CC1CN(c2ncc(-c3ccc(-c4cc(F)c5nn(C)cc5c4)cc3O)nn2)CCN1.Cl.Cl. The maximum Gasteiger partial charge on any atom is 0.245 e. The molecule has 0 bridgehead atoms. The Kier molecular flexibility index (Phi) is 7.36. The van der Waals surface area contributed by atoms with Crippen LogP contribution in [-0.2, 0) is 7.05 Å². The molecular weight excluding hydrogens is 468 g/mol. The minimum Gasteiger partial charge on any atom is -0.507 e. The molecular formula is C22H24Cl2FN7O. The summed E-state index contributed by atoms with van der Waals surface area (Å²) < 4.78 is 16.0. The van der Waals surface area contributed by atoms with E-state index in [2.05, 4.69) is 37.4 Å². The number of benzene rings is 2. The summed E-state index contributed by atoms with van der Waals surface area (Å²) in [4.78, 5) is 6.52. The number of nitrogens with one attached hydrogen (secondary N) is 1. The fourth-order valence-electron chi connectivity index (χ4n) is 3.96. The number of aryl methyl sites for hydroxylation is 1. The van der Waals surface area contributed by atoms with Crippen LogP contribution in [0.4, 0.5) is 10.3 Å². The topological polar surface area (TPSA) is 92.0 Å². The first kappa shape index (κ1) is 24.6. The third-order valence-corrected chi connectivity index (χ3v) is 5.48. The number of nitrogens with zero attached hydrogens (tertiary/aromatic N) is 6. The van der Waals surface area contributed by atoms with Gasteiger partial charge in [-0.15, -0.1) is 35.0 Å². The fourth-order valence-corrected chi connectivity index (χ4v) is 3.96. The monoisotopic (exact) mass is 491 g/mol.